The van der Waals surface area contributed by atoms with Crippen LogP contribution in [0.3, 0.4) is 0 Å². The number of aliphatic imine (C=N–C) groups is 1. The lowest BCUT2D eigenvalue weighted by molar-refractivity contribution is 1.10. The Balaban J connectivity index is 3.86. The molecule has 0 bridgehead atoms. The summed E-state index contributed by atoms with van der Waals surface area (Å²) in [5, 5.41) is 0. The second-order valence-corrected chi connectivity index (χ2v) is 2.65. The fraction of sp³-hybridized carbons (Fsp3) is 0.500. The minimum Gasteiger partial charge on any atom is -0.290 e. The van der Waals surface area contributed by atoms with Crippen LogP contribution in [0, 0.1) is 0 Å². The molecular weight excluding hydrogens is 134 g/mol. The Morgan fingerprint density at radius 3 is 2.55 bits per heavy atom. The molecule has 0 radical (unpaired) electrons. The highest BCUT2D eigenvalue weighted by Crippen LogP contribution is 1.94. The molecule has 0 unspecified atom stereocenters. The molecule has 0 aromatic carbocycles. The van der Waals surface area contributed by atoms with E-state index in [-0.39, 0.29) is 0 Å². The van der Waals surface area contributed by atoms with E-state index in [0.717, 1.165) is 13.0 Å². The molecule has 0 aliphatic heterocycles. The highest BCUT2D eigenvalue weighted by atomic mass is 14.7. The van der Waals surface area contributed by atoms with Gasteiger partial charge in [0.15, 0.2) is 0 Å². The Hall–Kier alpha value is -0.850. The van der Waals surface area contributed by atoms with Crippen molar-refractivity contribution in [1.29, 1.82) is 0 Å². The molecule has 0 fully saturated rings. The van der Waals surface area contributed by atoms with Gasteiger partial charge < -0.3 is 0 Å². The van der Waals surface area contributed by atoms with Crippen LogP contribution in [0.15, 0.2) is 29.3 Å². The lowest BCUT2D eigenvalue weighted by Crippen LogP contribution is -1.91. The van der Waals surface area contributed by atoms with E-state index in [0.29, 0.717) is 0 Å². The number of nitrogens with zero attached hydrogens (tertiary/aromatic N) is 1. The average molecular weight is 151 g/mol. The summed E-state index contributed by atoms with van der Waals surface area (Å²) in [5.74, 6) is 0. The Morgan fingerprint density at radius 1 is 1.45 bits per heavy atom. The van der Waals surface area contributed by atoms with Crippen LogP contribution in [0.2, 0.25) is 0 Å². The van der Waals surface area contributed by atoms with Crippen LogP contribution in [-0.4, -0.2) is 12.3 Å². The summed E-state index contributed by atoms with van der Waals surface area (Å²) in [7, 11) is 0. The summed E-state index contributed by atoms with van der Waals surface area (Å²) in [6.07, 6.45) is 4.83. The molecule has 1 heteroatoms. The first-order chi connectivity index (χ1) is 5.20. The van der Waals surface area contributed by atoms with Gasteiger partial charge in [0.25, 0.3) is 0 Å². The summed E-state index contributed by atoms with van der Waals surface area (Å²) >= 11 is 0. The third kappa shape index (κ3) is 5.59. The third-order valence-electron chi connectivity index (χ3n) is 1.51. The quantitative estimate of drug-likeness (QED) is 0.432. The lowest BCUT2D eigenvalue weighted by Gasteiger charge is -1.96. The molecule has 0 aliphatic carbocycles. The van der Waals surface area contributed by atoms with Crippen molar-refractivity contribution < 1.29 is 0 Å². The normalized spacial score (nSPS) is 13.4. The fourth-order valence-electron chi connectivity index (χ4n) is 0.625. The van der Waals surface area contributed by atoms with Gasteiger partial charge in [-0.15, -0.1) is 0 Å². The van der Waals surface area contributed by atoms with Crippen LogP contribution in [0.4, 0.5) is 0 Å². The maximum atomic E-state index is 4.36. The first-order valence-corrected chi connectivity index (χ1v) is 3.98. The topological polar surface area (TPSA) is 12.4 Å². The zero-order valence-corrected chi connectivity index (χ0v) is 7.72. The van der Waals surface area contributed by atoms with Gasteiger partial charge in [0.05, 0.1) is 6.54 Å². The van der Waals surface area contributed by atoms with Crippen molar-refractivity contribution in [3.8, 4) is 0 Å². The zero-order valence-electron chi connectivity index (χ0n) is 7.72. The van der Waals surface area contributed by atoms with Crippen molar-refractivity contribution >= 4 is 5.71 Å². The van der Waals surface area contributed by atoms with Gasteiger partial charge in [0, 0.05) is 5.71 Å². The molecule has 0 aromatic heterocycles. The third-order valence-corrected chi connectivity index (χ3v) is 1.51. The summed E-state index contributed by atoms with van der Waals surface area (Å²) in [4.78, 5) is 4.36. The molecule has 1 nitrogen and oxygen atoms in total. The Morgan fingerprint density at radius 2 is 2.09 bits per heavy atom. The monoisotopic (exact) mass is 151 g/mol. The maximum absolute atomic E-state index is 4.36. The van der Waals surface area contributed by atoms with Crippen LogP contribution in [-0.2, 0) is 0 Å². The smallest absolute Gasteiger partial charge is 0.0599 e. The van der Waals surface area contributed by atoms with Gasteiger partial charge >= 0.3 is 0 Å². The van der Waals surface area contributed by atoms with Gasteiger partial charge in [-0.2, -0.15) is 0 Å². The summed E-state index contributed by atoms with van der Waals surface area (Å²) in [6.45, 7) is 10.7. The van der Waals surface area contributed by atoms with Crippen molar-refractivity contribution in [1.82, 2.24) is 0 Å². The summed E-state index contributed by atoms with van der Waals surface area (Å²) < 4.78 is 0. The predicted octanol–water partition coefficient (Wildman–Crippen LogP) is 2.99. The summed E-state index contributed by atoms with van der Waals surface area (Å²) in [6, 6.07) is 0. The van der Waals surface area contributed by atoms with Gasteiger partial charge in [-0.25, -0.2) is 0 Å². The molecule has 0 N–H and O–H groups in total. The van der Waals surface area contributed by atoms with Crippen LogP contribution in [0.1, 0.15) is 27.2 Å². The van der Waals surface area contributed by atoms with Gasteiger partial charge in [0.1, 0.15) is 0 Å². The van der Waals surface area contributed by atoms with E-state index in [1.165, 1.54) is 11.3 Å². The van der Waals surface area contributed by atoms with E-state index in [1.54, 1.807) is 6.08 Å². The molecule has 0 atom stereocenters. The molecule has 0 heterocycles. The van der Waals surface area contributed by atoms with E-state index < -0.39 is 0 Å². The SMILES string of the molecule is C=C/C=C(\C)CN=C(C)CC. The molecule has 11 heavy (non-hydrogen) atoms. The first kappa shape index (κ1) is 10.2. The van der Waals surface area contributed by atoms with Crippen molar-refractivity contribution in [2.75, 3.05) is 6.54 Å². The Kier molecular flexibility index (Phi) is 5.44. The minimum atomic E-state index is 0.811. The Bertz CT molecular complexity index is 175. The van der Waals surface area contributed by atoms with Gasteiger partial charge in [-0.05, 0) is 20.3 Å². The second kappa shape index (κ2) is 5.90. The van der Waals surface area contributed by atoms with E-state index >= 15 is 0 Å². The highest BCUT2D eigenvalue weighted by Gasteiger charge is 1.86. The van der Waals surface area contributed by atoms with Crippen LogP contribution >= 0.6 is 0 Å². The van der Waals surface area contributed by atoms with Gasteiger partial charge in [0.2, 0.25) is 0 Å². The van der Waals surface area contributed by atoms with E-state index in [2.05, 4.69) is 32.3 Å². The highest BCUT2D eigenvalue weighted by molar-refractivity contribution is 5.81. The fourth-order valence-corrected chi connectivity index (χ4v) is 0.625. The standard InChI is InChI=1S/C10H17N/c1-5-7-9(3)8-11-10(4)6-2/h5,7H,1,6,8H2,2-4H3/b9-7+,11-10?. The van der Waals surface area contributed by atoms with E-state index in [1.807, 2.05) is 6.08 Å². The molecule has 0 amide bonds. The van der Waals surface area contributed by atoms with Gasteiger partial charge in [-0.3, -0.25) is 4.99 Å². The van der Waals surface area contributed by atoms with Crippen LogP contribution in [0.5, 0.6) is 0 Å². The molecule has 0 aromatic rings. The Labute approximate surface area is 69.5 Å². The molecule has 0 rings (SSSR count). The van der Waals surface area contributed by atoms with Crippen molar-refractivity contribution in [3.05, 3.63) is 24.3 Å². The van der Waals surface area contributed by atoms with Crippen molar-refractivity contribution in [2.24, 2.45) is 4.99 Å². The number of allylic oxidation sites excluding steroid dienone is 2. The molecular formula is C10H17N. The maximum Gasteiger partial charge on any atom is 0.0599 e. The predicted molar refractivity (Wildman–Crippen MR) is 52.2 cm³/mol. The zero-order chi connectivity index (χ0) is 8.69. The average Bonchev–Trinajstić information content (AvgIpc) is 2.01. The van der Waals surface area contributed by atoms with Crippen LogP contribution < -0.4 is 0 Å². The second-order valence-electron chi connectivity index (χ2n) is 2.65. The molecule has 0 saturated carbocycles. The minimum absolute atomic E-state index is 0.811. The molecule has 62 valence electrons. The van der Waals surface area contributed by atoms with Crippen molar-refractivity contribution in [2.45, 2.75) is 27.2 Å². The number of hydrogen-bond acceptors (Lipinski definition) is 1. The first-order valence-electron chi connectivity index (χ1n) is 3.98. The largest absolute Gasteiger partial charge is 0.290 e. The number of hydrogen-bond donors (Lipinski definition) is 0. The van der Waals surface area contributed by atoms with Crippen molar-refractivity contribution in [3.63, 3.8) is 0 Å². The summed E-state index contributed by atoms with van der Waals surface area (Å²) in [5.41, 5.74) is 2.47. The molecule has 0 saturated heterocycles. The van der Waals surface area contributed by atoms with Crippen LogP contribution in [0.25, 0.3) is 0 Å². The van der Waals surface area contributed by atoms with E-state index in [9.17, 15) is 0 Å². The molecule has 0 spiro atoms. The van der Waals surface area contributed by atoms with Gasteiger partial charge in [-0.1, -0.05) is 31.2 Å². The van der Waals surface area contributed by atoms with E-state index in [4.69, 9.17) is 0 Å². The number of rotatable bonds is 4. The molecule has 0 aliphatic rings. The lowest BCUT2D eigenvalue weighted by atomic mass is 10.2.